The molecule has 2 aliphatic rings. The quantitative estimate of drug-likeness (QED) is 0.892. The van der Waals surface area contributed by atoms with E-state index in [0.717, 1.165) is 11.1 Å². The molecule has 2 aromatic rings. The van der Waals surface area contributed by atoms with Gasteiger partial charge in [-0.15, -0.1) is 0 Å². The molecular formula is C20H19NO6. The summed E-state index contributed by atoms with van der Waals surface area (Å²) in [5.41, 5.74) is 2.21. The van der Waals surface area contributed by atoms with E-state index < -0.39 is 12.0 Å². The van der Waals surface area contributed by atoms with Crippen LogP contribution < -0.4 is 14.2 Å². The van der Waals surface area contributed by atoms with Gasteiger partial charge in [0, 0.05) is 18.5 Å². The molecule has 0 saturated heterocycles. The fourth-order valence-corrected chi connectivity index (χ4v) is 3.52. The lowest BCUT2D eigenvalue weighted by Gasteiger charge is -2.34. The van der Waals surface area contributed by atoms with E-state index in [1.165, 1.54) is 12.0 Å². The SMILES string of the molecule is COc1cc(C(=O)N2Cc3ccccc3C[C@@H]2C(=O)O)cc2c1OCCO2. The van der Waals surface area contributed by atoms with Crippen molar-refractivity contribution in [3.05, 3.63) is 53.1 Å². The van der Waals surface area contributed by atoms with Crippen LogP contribution >= 0.6 is 0 Å². The smallest absolute Gasteiger partial charge is 0.326 e. The molecule has 2 heterocycles. The van der Waals surface area contributed by atoms with E-state index in [2.05, 4.69) is 0 Å². The van der Waals surface area contributed by atoms with Gasteiger partial charge in [-0.2, -0.15) is 0 Å². The zero-order valence-corrected chi connectivity index (χ0v) is 14.8. The maximum absolute atomic E-state index is 13.2. The van der Waals surface area contributed by atoms with Gasteiger partial charge in [0.1, 0.15) is 19.3 Å². The normalized spacial score (nSPS) is 17.8. The number of nitrogens with zero attached hydrogens (tertiary/aromatic N) is 1. The monoisotopic (exact) mass is 369 g/mol. The molecule has 7 heteroatoms. The predicted molar refractivity (Wildman–Crippen MR) is 95.4 cm³/mol. The number of fused-ring (bicyclic) bond motifs is 2. The van der Waals surface area contributed by atoms with Gasteiger partial charge in [-0.3, -0.25) is 4.79 Å². The molecule has 140 valence electrons. The standard InChI is InChI=1S/C20H19NO6/c1-25-16-9-14(10-17-18(16)27-7-6-26-17)19(22)21-11-13-5-3-2-4-12(13)8-15(21)20(23)24/h2-5,9-10,15H,6-8,11H2,1H3,(H,23,24)/t15-/m1/s1. The molecule has 1 N–H and O–H groups in total. The summed E-state index contributed by atoms with van der Waals surface area (Å²) < 4.78 is 16.5. The summed E-state index contributed by atoms with van der Waals surface area (Å²) in [5, 5.41) is 9.66. The Hall–Kier alpha value is -3.22. The summed E-state index contributed by atoms with van der Waals surface area (Å²) in [6.45, 7) is 1.02. The summed E-state index contributed by atoms with van der Waals surface area (Å²) in [5.74, 6) is -0.137. The molecule has 27 heavy (non-hydrogen) atoms. The number of carbonyl (C=O) groups excluding carboxylic acids is 1. The van der Waals surface area contributed by atoms with Crippen LogP contribution in [-0.4, -0.2) is 48.2 Å². The van der Waals surface area contributed by atoms with Crippen molar-refractivity contribution in [1.82, 2.24) is 4.90 Å². The molecular weight excluding hydrogens is 350 g/mol. The van der Waals surface area contributed by atoms with E-state index in [4.69, 9.17) is 14.2 Å². The van der Waals surface area contributed by atoms with Gasteiger partial charge in [-0.1, -0.05) is 24.3 Å². The van der Waals surface area contributed by atoms with Gasteiger partial charge in [-0.25, -0.2) is 4.79 Å². The molecule has 0 radical (unpaired) electrons. The summed E-state index contributed by atoms with van der Waals surface area (Å²) in [4.78, 5) is 26.4. The van der Waals surface area contributed by atoms with Gasteiger partial charge < -0.3 is 24.2 Å². The predicted octanol–water partition coefficient (Wildman–Crippen LogP) is 2.12. The van der Waals surface area contributed by atoms with Crippen molar-refractivity contribution in [3.63, 3.8) is 0 Å². The number of rotatable bonds is 3. The van der Waals surface area contributed by atoms with Crippen molar-refractivity contribution in [2.24, 2.45) is 0 Å². The van der Waals surface area contributed by atoms with Crippen molar-refractivity contribution in [2.75, 3.05) is 20.3 Å². The van der Waals surface area contributed by atoms with Gasteiger partial charge in [0.15, 0.2) is 11.5 Å². The van der Waals surface area contributed by atoms with Gasteiger partial charge in [0.25, 0.3) is 5.91 Å². The van der Waals surface area contributed by atoms with E-state index in [9.17, 15) is 14.7 Å². The van der Waals surface area contributed by atoms with Crippen molar-refractivity contribution >= 4 is 11.9 Å². The molecule has 0 fully saturated rings. The molecule has 0 saturated carbocycles. The van der Waals surface area contributed by atoms with Crippen LogP contribution in [0.4, 0.5) is 0 Å². The number of aliphatic carboxylic acids is 1. The number of carboxylic acids is 1. The average molecular weight is 369 g/mol. The summed E-state index contributed by atoms with van der Waals surface area (Å²) in [6.07, 6.45) is 0.277. The number of hydrogen-bond donors (Lipinski definition) is 1. The number of methoxy groups -OCH3 is 1. The van der Waals surface area contributed by atoms with Crippen LogP contribution in [0.2, 0.25) is 0 Å². The highest BCUT2D eigenvalue weighted by Gasteiger charge is 2.35. The van der Waals surface area contributed by atoms with Crippen molar-refractivity contribution in [2.45, 2.75) is 19.0 Å². The Bertz CT molecular complexity index is 892. The molecule has 1 amide bonds. The summed E-state index contributed by atoms with van der Waals surface area (Å²) in [6, 6.07) is 9.80. The lowest BCUT2D eigenvalue weighted by Crippen LogP contribution is -2.48. The van der Waals surface area contributed by atoms with Gasteiger partial charge in [0.05, 0.1) is 7.11 Å². The minimum Gasteiger partial charge on any atom is -0.493 e. The lowest BCUT2D eigenvalue weighted by atomic mass is 9.93. The minimum atomic E-state index is -1.03. The van der Waals surface area contributed by atoms with Crippen LogP contribution in [0.3, 0.4) is 0 Å². The number of hydrogen-bond acceptors (Lipinski definition) is 5. The van der Waals surface area contributed by atoms with Crippen LogP contribution in [0.15, 0.2) is 36.4 Å². The third-order valence-electron chi connectivity index (χ3n) is 4.87. The first-order chi connectivity index (χ1) is 13.1. The first kappa shape index (κ1) is 17.2. The van der Waals surface area contributed by atoms with Crippen molar-refractivity contribution in [1.29, 1.82) is 0 Å². The molecule has 1 atom stereocenters. The number of benzene rings is 2. The number of ether oxygens (including phenoxy) is 3. The van der Waals surface area contributed by atoms with E-state index in [1.54, 1.807) is 12.1 Å². The molecule has 7 nitrogen and oxygen atoms in total. The Morgan fingerprint density at radius 2 is 1.89 bits per heavy atom. The Kier molecular flexibility index (Phi) is 4.35. The fourth-order valence-electron chi connectivity index (χ4n) is 3.52. The molecule has 0 aromatic heterocycles. The highest BCUT2D eigenvalue weighted by molar-refractivity contribution is 5.98. The average Bonchev–Trinajstić information content (AvgIpc) is 2.71. The van der Waals surface area contributed by atoms with Crippen LogP contribution in [0.25, 0.3) is 0 Å². The second-order valence-electron chi connectivity index (χ2n) is 6.46. The minimum absolute atomic E-state index is 0.239. The first-order valence-electron chi connectivity index (χ1n) is 8.66. The maximum Gasteiger partial charge on any atom is 0.326 e. The van der Waals surface area contributed by atoms with Crippen LogP contribution in [0.5, 0.6) is 17.2 Å². The first-order valence-corrected chi connectivity index (χ1v) is 8.66. The molecule has 0 unspecified atom stereocenters. The van der Waals surface area contributed by atoms with Crippen LogP contribution in [-0.2, 0) is 17.8 Å². The highest BCUT2D eigenvalue weighted by Crippen LogP contribution is 2.41. The van der Waals surface area contributed by atoms with Gasteiger partial charge in [-0.05, 0) is 23.3 Å². The number of carboxylic acid groups (broad SMARTS) is 1. The molecule has 0 aliphatic carbocycles. The van der Waals surface area contributed by atoms with Gasteiger partial charge in [0.2, 0.25) is 5.75 Å². The Morgan fingerprint density at radius 1 is 1.15 bits per heavy atom. The molecule has 0 bridgehead atoms. The zero-order chi connectivity index (χ0) is 19.0. The van der Waals surface area contributed by atoms with E-state index in [0.29, 0.717) is 36.0 Å². The summed E-state index contributed by atoms with van der Waals surface area (Å²) in [7, 11) is 1.49. The Morgan fingerprint density at radius 3 is 2.63 bits per heavy atom. The van der Waals surface area contributed by atoms with Gasteiger partial charge >= 0.3 is 5.97 Å². The van der Waals surface area contributed by atoms with E-state index in [-0.39, 0.29) is 18.9 Å². The largest absolute Gasteiger partial charge is 0.493 e. The molecule has 2 aromatic carbocycles. The van der Waals surface area contributed by atoms with Crippen LogP contribution in [0, 0.1) is 0 Å². The van der Waals surface area contributed by atoms with E-state index in [1.807, 2.05) is 24.3 Å². The molecule has 0 spiro atoms. The topological polar surface area (TPSA) is 85.3 Å². The number of carbonyl (C=O) groups is 2. The number of amides is 1. The van der Waals surface area contributed by atoms with Crippen molar-refractivity contribution in [3.8, 4) is 17.2 Å². The third kappa shape index (κ3) is 3.05. The molecule has 2 aliphatic heterocycles. The zero-order valence-electron chi connectivity index (χ0n) is 14.8. The lowest BCUT2D eigenvalue weighted by molar-refractivity contribution is -0.142. The maximum atomic E-state index is 13.2. The Balaban J connectivity index is 1.72. The summed E-state index contributed by atoms with van der Waals surface area (Å²) >= 11 is 0. The second kappa shape index (κ2) is 6.83. The van der Waals surface area contributed by atoms with Crippen molar-refractivity contribution < 1.29 is 28.9 Å². The molecule has 4 rings (SSSR count). The third-order valence-corrected chi connectivity index (χ3v) is 4.87. The fraction of sp³-hybridized carbons (Fsp3) is 0.300. The second-order valence-corrected chi connectivity index (χ2v) is 6.46. The Labute approximate surface area is 156 Å². The van der Waals surface area contributed by atoms with E-state index >= 15 is 0 Å². The highest BCUT2D eigenvalue weighted by atomic mass is 16.6. The van der Waals surface area contributed by atoms with Crippen LogP contribution in [0.1, 0.15) is 21.5 Å².